The predicted octanol–water partition coefficient (Wildman–Crippen LogP) is 4.83. The Bertz CT molecular complexity index is 750. The summed E-state index contributed by atoms with van der Waals surface area (Å²) in [5, 5.41) is 5.23. The molecule has 0 saturated heterocycles. The van der Waals surface area contributed by atoms with E-state index in [4.69, 9.17) is 51.1 Å². The molecule has 0 spiro atoms. The van der Waals surface area contributed by atoms with E-state index in [0.29, 0.717) is 10.0 Å². The molecule has 2 aromatic rings. The molecule has 1 N–H and O–H groups in total. The second-order valence-electron chi connectivity index (χ2n) is 4.33. The largest absolute Gasteiger partial charge is 0.482 e. The molecule has 0 aliphatic rings. The Labute approximate surface area is 152 Å². The van der Waals surface area contributed by atoms with Gasteiger partial charge in [-0.25, -0.2) is 5.43 Å². The van der Waals surface area contributed by atoms with Gasteiger partial charge in [-0.1, -0.05) is 58.5 Å². The lowest BCUT2D eigenvalue weighted by molar-refractivity contribution is -0.123. The maximum absolute atomic E-state index is 11.7. The Hall–Kier alpha value is -1.46. The number of rotatable bonds is 5. The number of amides is 1. The van der Waals surface area contributed by atoms with Crippen LogP contribution in [0.1, 0.15) is 5.56 Å². The maximum atomic E-state index is 11.7. The topological polar surface area (TPSA) is 50.7 Å². The zero-order chi connectivity index (χ0) is 16.8. The van der Waals surface area contributed by atoms with Crippen LogP contribution in [-0.2, 0) is 4.79 Å². The molecule has 0 saturated carbocycles. The van der Waals surface area contributed by atoms with Crippen LogP contribution >= 0.6 is 46.4 Å². The summed E-state index contributed by atoms with van der Waals surface area (Å²) in [6.45, 7) is -0.273. The summed E-state index contributed by atoms with van der Waals surface area (Å²) < 4.78 is 5.27. The van der Waals surface area contributed by atoms with Crippen molar-refractivity contribution in [1.29, 1.82) is 0 Å². The highest BCUT2D eigenvalue weighted by atomic mass is 35.5. The second-order valence-corrected chi connectivity index (χ2v) is 5.99. The van der Waals surface area contributed by atoms with Gasteiger partial charge in [-0.2, -0.15) is 5.10 Å². The highest BCUT2D eigenvalue weighted by Crippen LogP contribution is 2.33. The first-order chi connectivity index (χ1) is 11.0. The quantitative estimate of drug-likeness (QED) is 0.450. The van der Waals surface area contributed by atoms with Gasteiger partial charge in [0.15, 0.2) is 6.61 Å². The van der Waals surface area contributed by atoms with Crippen molar-refractivity contribution >= 4 is 58.5 Å². The van der Waals surface area contributed by atoms with Crippen molar-refractivity contribution in [1.82, 2.24) is 5.43 Å². The van der Waals surface area contributed by atoms with Crippen LogP contribution in [0.25, 0.3) is 0 Å². The van der Waals surface area contributed by atoms with Crippen LogP contribution in [0.5, 0.6) is 5.75 Å². The molecule has 23 heavy (non-hydrogen) atoms. The number of halogens is 4. The molecule has 0 unspecified atom stereocenters. The number of ether oxygens (including phenoxy) is 1. The van der Waals surface area contributed by atoms with Crippen LogP contribution in [0.2, 0.25) is 20.1 Å². The zero-order valence-corrected chi connectivity index (χ0v) is 14.5. The molecule has 8 heteroatoms. The lowest BCUT2D eigenvalue weighted by Gasteiger charge is -2.08. The monoisotopic (exact) mass is 390 g/mol. The fraction of sp³-hybridized carbons (Fsp3) is 0.0667. The van der Waals surface area contributed by atoms with E-state index < -0.39 is 5.91 Å². The number of carbonyl (C=O) groups is 1. The molecule has 0 radical (unpaired) electrons. The number of nitrogens with one attached hydrogen (secondary N) is 1. The smallest absolute Gasteiger partial charge is 0.277 e. The first-order valence-corrected chi connectivity index (χ1v) is 7.81. The third-order valence-electron chi connectivity index (χ3n) is 2.59. The Morgan fingerprint density at radius 3 is 2.57 bits per heavy atom. The Kier molecular flexibility index (Phi) is 6.54. The molecular formula is C15H10Cl4N2O2. The van der Waals surface area contributed by atoms with E-state index in [1.54, 1.807) is 24.3 Å². The summed E-state index contributed by atoms with van der Waals surface area (Å²) in [5.41, 5.74) is 3.08. The van der Waals surface area contributed by atoms with Gasteiger partial charge in [-0.05, 0) is 23.8 Å². The summed E-state index contributed by atoms with van der Waals surface area (Å²) >= 11 is 23.4. The highest BCUT2D eigenvalue weighted by molar-refractivity contribution is 6.43. The van der Waals surface area contributed by atoms with E-state index in [-0.39, 0.29) is 22.4 Å². The molecule has 0 fully saturated rings. The van der Waals surface area contributed by atoms with Crippen LogP contribution in [0.3, 0.4) is 0 Å². The van der Waals surface area contributed by atoms with E-state index in [9.17, 15) is 4.79 Å². The zero-order valence-electron chi connectivity index (χ0n) is 11.5. The highest BCUT2D eigenvalue weighted by Gasteiger charge is 2.09. The van der Waals surface area contributed by atoms with E-state index in [1.165, 1.54) is 18.3 Å². The molecule has 0 aromatic heterocycles. The number of hydrazone groups is 1. The van der Waals surface area contributed by atoms with Gasteiger partial charge in [-0.3, -0.25) is 4.79 Å². The maximum Gasteiger partial charge on any atom is 0.277 e. The van der Waals surface area contributed by atoms with Crippen LogP contribution in [-0.4, -0.2) is 18.7 Å². The molecule has 1 amide bonds. The van der Waals surface area contributed by atoms with Gasteiger partial charge in [0.05, 0.1) is 21.3 Å². The minimum absolute atomic E-state index is 0.259. The number of carbonyl (C=O) groups excluding carboxylic acids is 1. The van der Waals surface area contributed by atoms with Crippen molar-refractivity contribution in [3.63, 3.8) is 0 Å². The number of benzene rings is 2. The normalized spacial score (nSPS) is 10.8. The van der Waals surface area contributed by atoms with Crippen LogP contribution < -0.4 is 10.2 Å². The molecule has 0 bridgehead atoms. The van der Waals surface area contributed by atoms with Gasteiger partial charge < -0.3 is 4.74 Å². The first-order valence-electron chi connectivity index (χ1n) is 6.30. The number of nitrogens with zero attached hydrogens (tertiary/aromatic N) is 1. The molecule has 0 heterocycles. The Morgan fingerprint density at radius 2 is 1.83 bits per heavy atom. The molecule has 4 nitrogen and oxygen atoms in total. The summed E-state index contributed by atoms with van der Waals surface area (Å²) in [7, 11) is 0. The molecule has 0 aliphatic carbocycles. The SMILES string of the molecule is O=C(COc1cc(Cl)c(Cl)cc1Cl)NN=Cc1cccc(Cl)c1. The molecule has 0 atom stereocenters. The lowest BCUT2D eigenvalue weighted by Crippen LogP contribution is -2.24. The average molecular weight is 392 g/mol. The van der Waals surface area contributed by atoms with E-state index in [1.807, 2.05) is 0 Å². The third kappa shape index (κ3) is 5.59. The molecule has 2 aromatic carbocycles. The molecule has 120 valence electrons. The van der Waals surface area contributed by atoms with Gasteiger partial charge in [-0.15, -0.1) is 0 Å². The van der Waals surface area contributed by atoms with Crippen molar-refractivity contribution in [3.05, 3.63) is 62.1 Å². The van der Waals surface area contributed by atoms with Crippen molar-refractivity contribution < 1.29 is 9.53 Å². The summed E-state index contributed by atoms with van der Waals surface area (Å²) in [6.07, 6.45) is 1.47. The van der Waals surface area contributed by atoms with Gasteiger partial charge in [0.1, 0.15) is 5.75 Å². The summed E-state index contributed by atoms with van der Waals surface area (Å²) in [6, 6.07) is 9.91. The summed E-state index contributed by atoms with van der Waals surface area (Å²) in [4.78, 5) is 11.7. The van der Waals surface area contributed by atoms with Crippen LogP contribution in [0.4, 0.5) is 0 Å². The van der Waals surface area contributed by atoms with Gasteiger partial charge in [0, 0.05) is 11.1 Å². The van der Waals surface area contributed by atoms with Crippen molar-refractivity contribution in [2.24, 2.45) is 5.10 Å². The molecular weight excluding hydrogens is 382 g/mol. The first kappa shape index (κ1) is 17.9. The lowest BCUT2D eigenvalue weighted by atomic mass is 10.2. The fourth-order valence-electron chi connectivity index (χ4n) is 1.56. The fourth-order valence-corrected chi connectivity index (χ4v) is 2.35. The van der Waals surface area contributed by atoms with Crippen LogP contribution in [0.15, 0.2) is 41.5 Å². The third-order valence-corrected chi connectivity index (χ3v) is 3.84. The Balaban J connectivity index is 1.87. The average Bonchev–Trinajstić information content (AvgIpc) is 2.50. The second kappa shape index (κ2) is 8.41. The standard InChI is InChI=1S/C15H10Cl4N2O2/c16-10-3-1-2-9(4-10)7-20-21-15(22)8-23-14-6-12(18)11(17)5-13(14)19/h1-7H,8H2,(H,21,22). The Morgan fingerprint density at radius 1 is 1.09 bits per heavy atom. The molecule has 0 aliphatic heterocycles. The van der Waals surface area contributed by atoms with Gasteiger partial charge in [0.25, 0.3) is 5.91 Å². The number of hydrogen-bond acceptors (Lipinski definition) is 3. The minimum atomic E-state index is -0.453. The number of hydrogen-bond donors (Lipinski definition) is 1. The van der Waals surface area contributed by atoms with Crippen molar-refractivity contribution in [2.75, 3.05) is 6.61 Å². The molecule has 2 rings (SSSR count). The van der Waals surface area contributed by atoms with Gasteiger partial charge in [0.2, 0.25) is 0 Å². The minimum Gasteiger partial charge on any atom is -0.482 e. The predicted molar refractivity (Wildman–Crippen MR) is 94.2 cm³/mol. The van der Waals surface area contributed by atoms with E-state index >= 15 is 0 Å². The summed E-state index contributed by atoms with van der Waals surface area (Å²) in [5.74, 6) is -0.194. The van der Waals surface area contributed by atoms with Crippen LogP contribution in [0, 0.1) is 0 Å². The van der Waals surface area contributed by atoms with Gasteiger partial charge >= 0.3 is 0 Å². The van der Waals surface area contributed by atoms with Crippen molar-refractivity contribution in [2.45, 2.75) is 0 Å². The van der Waals surface area contributed by atoms with Crippen molar-refractivity contribution in [3.8, 4) is 5.75 Å². The van der Waals surface area contributed by atoms with E-state index in [2.05, 4.69) is 10.5 Å². The van der Waals surface area contributed by atoms with E-state index in [0.717, 1.165) is 5.56 Å².